The van der Waals surface area contributed by atoms with Gasteiger partial charge in [-0.05, 0) is 0 Å². The van der Waals surface area contributed by atoms with Crippen molar-refractivity contribution in [2.24, 2.45) is 0 Å². The number of aromatic nitrogens is 3. The Hall–Kier alpha value is -2.35. The van der Waals surface area contributed by atoms with Crippen molar-refractivity contribution in [3.8, 4) is 11.3 Å². The Morgan fingerprint density at radius 1 is 1.15 bits per heavy atom. The van der Waals surface area contributed by atoms with Crippen molar-refractivity contribution in [1.82, 2.24) is 19.9 Å². The summed E-state index contributed by atoms with van der Waals surface area (Å²) >= 11 is 4.47. The van der Waals surface area contributed by atoms with Gasteiger partial charge in [0.1, 0.15) is 0 Å². The van der Waals surface area contributed by atoms with Gasteiger partial charge in [-0.15, -0.1) is 0 Å². The molecule has 0 radical (unpaired) electrons. The maximum absolute atomic E-state index is 13.3. The second kappa shape index (κ2) is 10.1. The third kappa shape index (κ3) is 5.82. The number of anilines is 1. The van der Waals surface area contributed by atoms with Crippen molar-refractivity contribution >= 4 is 47.6 Å². The topological polar surface area (TPSA) is 53.9 Å². The summed E-state index contributed by atoms with van der Waals surface area (Å²) < 4.78 is 41.6. The van der Waals surface area contributed by atoms with E-state index in [0.717, 1.165) is 47.1 Å². The van der Waals surface area contributed by atoms with Crippen molar-refractivity contribution < 1.29 is 13.2 Å². The first-order valence-corrected chi connectivity index (χ1v) is 13.4. The molecule has 10 heteroatoms. The van der Waals surface area contributed by atoms with Crippen LogP contribution in [0.5, 0.6) is 0 Å². The summed E-state index contributed by atoms with van der Waals surface area (Å²) in [6.45, 7) is 3.00. The van der Waals surface area contributed by atoms with Crippen LogP contribution in [-0.4, -0.2) is 61.2 Å². The Labute approximate surface area is 208 Å². The molecule has 3 aromatic rings. The summed E-state index contributed by atoms with van der Waals surface area (Å²) in [7, 11) is 4.12. The maximum atomic E-state index is 13.3. The molecule has 1 aliphatic rings. The summed E-state index contributed by atoms with van der Waals surface area (Å²) in [4.78, 5) is 16.6. The zero-order valence-corrected chi connectivity index (χ0v) is 22.0. The second-order valence-electron chi connectivity index (χ2n) is 8.56. The third-order valence-electron chi connectivity index (χ3n) is 5.55. The van der Waals surface area contributed by atoms with Gasteiger partial charge in [0.15, 0.2) is 0 Å². The van der Waals surface area contributed by atoms with Crippen LogP contribution in [0.1, 0.15) is 28.8 Å². The molecule has 34 heavy (non-hydrogen) atoms. The number of rotatable bonds is 6. The van der Waals surface area contributed by atoms with Crippen LogP contribution >= 0.6 is 12.2 Å². The quantitative estimate of drug-likeness (QED) is 0.379. The van der Waals surface area contributed by atoms with E-state index in [1.54, 1.807) is 6.20 Å². The molecule has 178 valence electrons. The van der Waals surface area contributed by atoms with Crippen LogP contribution in [0.15, 0.2) is 36.7 Å². The van der Waals surface area contributed by atoms with Gasteiger partial charge in [-0.1, -0.05) is 0 Å². The number of benzene rings is 1. The number of aryl methyl sites for hydroxylation is 2. The fraction of sp³-hybridized carbons (Fsp3) is 0.333. The van der Waals surface area contributed by atoms with Gasteiger partial charge in [0.05, 0.1) is 0 Å². The van der Waals surface area contributed by atoms with Crippen molar-refractivity contribution in [3.05, 3.63) is 59.0 Å². The molecule has 5 nitrogen and oxygen atoms in total. The van der Waals surface area contributed by atoms with Crippen molar-refractivity contribution in [1.29, 1.82) is 0 Å². The van der Waals surface area contributed by atoms with Gasteiger partial charge >= 0.3 is 209 Å². The summed E-state index contributed by atoms with van der Waals surface area (Å²) in [6.07, 6.45) is 1.64. The van der Waals surface area contributed by atoms with Gasteiger partial charge in [0.25, 0.3) is 0 Å². The Morgan fingerprint density at radius 3 is 2.68 bits per heavy atom. The minimum atomic E-state index is -4.43. The molecule has 0 fully saturated rings. The molecule has 3 heterocycles. The molecule has 4 rings (SSSR count). The fourth-order valence-corrected chi connectivity index (χ4v) is 6.24. The van der Waals surface area contributed by atoms with Crippen molar-refractivity contribution in [3.63, 3.8) is 0 Å². The number of nitrogens with one attached hydrogen (secondary N) is 1. The number of hydrogen-bond acceptors (Lipinski definition) is 5. The molecule has 1 unspecified atom stereocenters. The van der Waals surface area contributed by atoms with Gasteiger partial charge < -0.3 is 0 Å². The van der Waals surface area contributed by atoms with Crippen LogP contribution in [0.2, 0.25) is 0 Å². The zero-order valence-electron chi connectivity index (χ0n) is 19.1. The number of fused-ring (bicyclic) bond motifs is 3. The average Bonchev–Trinajstić information content (AvgIpc) is 2.89. The van der Waals surface area contributed by atoms with Crippen LogP contribution in [0.25, 0.3) is 11.3 Å². The van der Waals surface area contributed by atoms with Gasteiger partial charge in [-0.3, -0.25) is 0 Å². The van der Waals surface area contributed by atoms with Crippen LogP contribution in [-0.2, 0) is 19.0 Å². The first-order chi connectivity index (χ1) is 16.1. The summed E-state index contributed by atoms with van der Waals surface area (Å²) in [5.74, 6) is 0. The first-order valence-electron chi connectivity index (χ1n) is 10.8. The zero-order chi connectivity index (χ0) is 24.5. The van der Waals surface area contributed by atoms with E-state index in [1.165, 1.54) is 11.6 Å². The van der Waals surface area contributed by atoms with Crippen molar-refractivity contribution in [2.45, 2.75) is 32.4 Å². The Kier molecular flexibility index (Phi) is 7.36. The molecular formula is C24H25AsF3N5S. The number of pyridine rings is 1. The molecule has 1 N–H and O–H groups in total. The third-order valence-corrected chi connectivity index (χ3v) is 8.40. The minimum absolute atomic E-state index is 0.323. The van der Waals surface area contributed by atoms with E-state index in [2.05, 4.69) is 40.3 Å². The monoisotopic (exact) mass is 547 g/mol. The Balaban J connectivity index is 1.65. The van der Waals surface area contributed by atoms with Gasteiger partial charge in [0.2, 0.25) is 0 Å². The van der Waals surface area contributed by atoms with Crippen LogP contribution in [0, 0.1) is 6.92 Å². The summed E-state index contributed by atoms with van der Waals surface area (Å²) in [5, 5.41) is 2.96. The molecule has 1 aliphatic heterocycles. The first kappa shape index (κ1) is 24.8. The summed E-state index contributed by atoms with van der Waals surface area (Å²) in [5.41, 5.74) is 3.81. The van der Waals surface area contributed by atoms with Gasteiger partial charge in [0, 0.05) is 0 Å². The van der Waals surface area contributed by atoms with Crippen molar-refractivity contribution in [2.75, 3.05) is 26.0 Å². The molecule has 1 aromatic carbocycles. The fourth-order valence-electron chi connectivity index (χ4n) is 3.79. The molecule has 2 aromatic heterocycles. The second-order valence-corrected chi connectivity index (χ2v) is 11.6. The average molecular weight is 547 g/mol. The van der Waals surface area contributed by atoms with E-state index in [4.69, 9.17) is 17.2 Å². The predicted molar refractivity (Wildman–Crippen MR) is 135 cm³/mol. The van der Waals surface area contributed by atoms with Crippen LogP contribution in [0.4, 0.5) is 18.9 Å². The molecule has 0 saturated heterocycles. The van der Waals surface area contributed by atoms with E-state index in [0.29, 0.717) is 33.0 Å². The summed E-state index contributed by atoms with van der Waals surface area (Å²) in [6, 6.07) is 5.85. The SMILES string of the molecule is Cc1ncc(CCCN(C)C)cc1[AsH]c1ncc2c(n1)-c1ccc(C(F)(F)F)cc1NC(=S)C2. The molecule has 0 amide bonds. The van der Waals surface area contributed by atoms with E-state index in [-0.39, 0.29) is 0 Å². The number of nitrogens with zero attached hydrogens (tertiary/aromatic N) is 4. The normalized spacial score (nSPS) is 13.7. The predicted octanol–water partition coefficient (Wildman–Crippen LogP) is 3.04. The molecule has 0 aliphatic carbocycles. The molecule has 0 spiro atoms. The molecule has 1 atom stereocenters. The van der Waals surface area contributed by atoms with E-state index < -0.39 is 27.5 Å². The van der Waals surface area contributed by atoms with Gasteiger partial charge in [-0.2, -0.15) is 0 Å². The van der Waals surface area contributed by atoms with E-state index in [9.17, 15) is 13.2 Å². The van der Waals surface area contributed by atoms with E-state index in [1.807, 2.05) is 13.1 Å². The number of hydrogen-bond donors (Lipinski definition) is 1. The van der Waals surface area contributed by atoms with Crippen LogP contribution < -0.4 is 14.3 Å². The number of thiocarbonyl (C=S) groups is 1. The standard InChI is InChI=1S/C24H25AsF3N5S/c1-14-19(9-15(12-29-14)5-4-8-33(2)3)25-23-30-13-16-10-21(34)31-20-11-17(24(26,27)28)6-7-18(20)22(16)32-23/h6-7,9,11-13,25H,4-5,8,10H2,1-3H3,(H,31,34). The Morgan fingerprint density at radius 2 is 1.94 bits per heavy atom. The van der Waals surface area contributed by atoms with Gasteiger partial charge in [-0.25, -0.2) is 0 Å². The molecule has 0 saturated carbocycles. The molecular weight excluding hydrogens is 522 g/mol. The number of alkyl halides is 3. The Bertz CT molecular complexity index is 1230. The molecule has 0 bridgehead atoms. The number of halogens is 3. The van der Waals surface area contributed by atoms with Crippen LogP contribution in [0.3, 0.4) is 0 Å². The van der Waals surface area contributed by atoms with E-state index >= 15 is 0 Å².